The van der Waals surface area contributed by atoms with E-state index in [-0.39, 0.29) is 18.7 Å². The molecule has 1 saturated heterocycles. The summed E-state index contributed by atoms with van der Waals surface area (Å²) in [6.07, 6.45) is 2.15. The first kappa shape index (κ1) is 20.5. The number of aliphatic hydroxyl groups excluding tert-OH is 1. The summed E-state index contributed by atoms with van der Waals surface area (Å²) >= 11 is 0. The molecule has 1 atom stereocenters. The number of carbonyl (C=O) groups is 1. The van der Waals surface area contributed by atoms with Crippen LogP contribution in [0.3, 0.4) is 0 Å². The molecule has 0 radical (unpaired) electrons. The van der Waals surface area contributed by atoms with Crippen LogP contribution in [-0.4, -0.2) is 41.0 Å². The Morgan fingerprint density at radius 2 is 1.93 bits per heavy atom. The number of carbonyl (C=O) groups excluding carboxylic acids is 1. The molecule has 2 aliphatic heterocycles. The number of aliphatic hydroxyl groups is 1. The molecule has 160 valence electrons. The number of ether oxygens (including phenoxy) is 2. The number of nitrogens with zero attached hydrogens (tertiary/aromatic N) is 1. The molecule has 7 nitrogen and oxygen atoms in total. The number of rotatable bonds is 6. The zero-order valence-electron chi connectivity index (χ0n) is 17.5. The van der Waals surface area contributed by atoms with Crippen molar-refractivity contribution in [2.24, 2.45) is 0 Å². The smallest absolute Gasteiger partial charge is 0.319 e. The van der Waals surface area contributed by atoms with Crippen molar-refractivity contribution in [3.05, 3.63) is 53.6 Å². The summed E-state index contributed by atoms with van der Waals surface area (Å²) in [6, 6.07) is 13.4. The van der Waals surface area contributed by atoms with Gasteiger partial charge in [0.05, 0.1) is 6.61 Å². The first-order valence-corrected chi connectivity index (χ1v) is 10.4. The Morgan fingerprint density at radius 1 is 1.17 bits per heavy atom. The van der Waals surface area contributed by atoms with E-state index < -0.39 is 5.79 Å². The van der Waals surface area contributed by atoms with Gasteiger partial charge in [-0.05, 0) is 42.6 Å². The molecule has 3 N–H and O–H groups in total. The van der Waals surface area contributed by atoms with E-state index in [1.165, 1.54) is 5.56 Å². The van der Waals surface area contributed by atoms with Crippen LogP contribution in [0.1, 0.15) is 37.8 Å². The zero-order valence-corrected chi connectivity index (χ0v) is 17.5. The number of anilines is 1. The van der Waals surface area contributed by atoms with Gasteiger partial charge in [0.25, 0.3) is 0 Å². The minimum absolute atomic E-state index is 0.190. The van der Waals surface area contributed by atoms with E-state index in [1.54, 1.807) is 18.2 Å². The van der Waals surface area contributed by atoms with E-state index >= 15 is 0 Å². The summed E-state index contributed by atoms with van der Waals surface area (Å²) in [5.74, 6) is 0.590. The van der Waals surface area contributed by atoms with Crippen LogP contribution >= 0.6 is 0 Å². The first-order chi connectivity index (χ1) is 14.4. The third-order valence-corrected chi connectivity index (χ3v) is 5.55. The molecule has 2 aromatic carbocycles. The van der Waals surface area contributed by atoms with E-state index in [1.807, 2.05) is 32.0 Å². The first-order valence-electron chi connectivity index (χ1n) is 10.4. The Hall–Kier alpha value is -2.77. The molecule has 0 spiro atoms. The van der Waals surface area contributed by atoms with Gasteiger partial charge in [0.15, 0.2) is 11.5 Å². The highest BCUT2D eigenvalue weighted by atomic mass is 16.7. The molecular weight excluding hydrogens is 382 g/mol. The summed E-state index contributed by atoms with van der Waals surface area (Å²) in [4.78, 5) is 14.7. The number of hydrogen-bond acceptors (Lipinski definition) is 5. The fraction of sp³-hybridized carbons (Fsp3) is 0.435. The second kappa shape index (κ2) is 8.53. The molecule has 30 heavy (non-hydrogen) atoms. The zero-order chi connectivity index (χ0) is 21.1. The SMILES string of the molecule is CC1(C)Oc2ccc(NC(=O)NCc3ccccc3CN3CCCC3CO)cc2O1. The van der Waals surface area contributed by atoms with Gasteiger partial charge in [0, 0.05) is 44.7 Å². The van der Waals surface area contributed by atoms with Crippen molar-refractivity contribution in [2.75, 3.05) is 18.5 Å². The Morgan fingerprint density at radius 3 is 2.73 bits per heavy atom. The number of benzene rings is 2. The van der Waals surface area contributed by atoms with Gasteiger partial charge >= 0.3 is 6.03 Å². The predicted octanol–water partition coefficient (Wildman–Crippen LogP) is 3.47. The summed E-state index contributed by atoms with van der Waals surface area (Å²) < 4.78 is 11.4. The Balaban J connectivity index is 1.35. The van der Waals surface area contributed by atoms with Crippen LogP contribution in [0.25, 0.3) is 0 Å². The van der Waals surface area contributed by atoms with Crippen LogP contribution in [0, 0.1) is 0 Å². The molecule has 1 fully saturated rings. The normalized spacial score (nSPS) is 19.6. The number of hydrogen-bond donors (Lipinski definition) is 3. The molecule has 4 rings (SSSR count). The van der Waals surface area contributed by atoms with Gasteiger partial charge in [-0.1, -0.05) is 24.3 Å². The van der Waals surface area contributed by atoms with E-state index in [0.29, 0.717) is 23.7 Å². The van der Waals surface area contributed by atoms with Crippen LogP contribution in [0.2, 0.25) is 0 Å². The number of nitrogens with one attached hydrogen (secondary N) is 2. The standard InChI is InChI=1S/C23H29N3O4/c1-23(2)29-20-10-9-18(12-21(20)30-23)25-22(28)24-13-16-6-3-4-7-17(16)14-26-11-5-8-19(26)15-27/h3-4,6-7,9-10,12,19,27H,5,8,11,13-15H2,1-2H3,(H2,24,25,28). The molecule has 0 aliphatic carbocycles. The van der Waals surface area contributed by atoms with Crippen LogP contribution < -0.4 is 20.1 Å². The van der Waals surface area contributed by atoms with Crippen molar-refractivity contribution in [1.82, 2.24) is 10.2 Å². The largest absolute Gasteiger partial charge is 0.449 e. The molecule has 2 amide bonds. The van der Waals surface area contributed by atoms with Gasteiger partial charge in [0.2, 0.25) is 5.79 Å². The minimum Gasteiger partial charge on any atom is -0.449 e. The van der Waals surface area contributed by atoms with Gasteiger partial charge in [-0.25, -0.2) is 4.79 Å². The number of fused-ring (bicyclic) bond motifs is 1. The Labute approximate surface area is 177 Å². The van der Waals surface area contributed by atoms with Crippen molar-refractivity contribution in [3.8, 4) is 11.5 Å². The fourth-order valence-electron chi connectivity index (χ4n) is 4.06. The predicted molar refractivity (Wildman–Crippen MR) is 115 cm³/mol. The minimum atomic E-state index is -0.697. The molecule has 7 heteroatoms. The second-order valence-corrected chi connectivity index (χ2v) is 8.29. The van der Waals surface area contributed by atoms with Crippen molar-refractivity contribution in [1.29, 1.82) is 0 Å². The van der Waals surface area contributed by atoms with Crippen LogP contribution in [0.15, 0.2) is 42.5 Å². The van der Waals surface area contributed by atoms with Gasteiger partial charge in [-0.3, -0.25) is 4.90 Å². The van der Waals surface area contributed by atoms with Gasteiger partial charge in [-0.2, -0.15) is 0 Å². The van der Waals surface area contributed by atoms with Gasteiger partial charge in [0.1, 0.15) is 0 Å². The van der Waals surface area contributed by atoms with E-state index in [0.717, 1.165) is 31.5 Å². The average molecular weight is 412 g/mol. The molecule has 0 bridgehead atoms. The topological polar surface area (TPSA) is 83.1 Å². The molecule has 2 aliphatic rings. The highest BCUT2D eigenvalue weighted by molar-refractivity contribution is 5.89. The third kappa shape index (κ3) is 4.68. The lowest BCUT2D eigenvalue weighted by atomic mass is 10.1. The maximum absolute atomic E-state index is 12.4. The molecule has 0 saturated carbocycles. The van der Waals surface area contributed by atoms with Crippen LogP contribution in [0.4, 0.5) is 10.5 Å². The lowest BCUT2D eigenvalue weighted by Gasteiger charge is -2.24. The quantitative estimate of drug-likeness (QED) is 0.678. The average Bonchev–Trinajstić information content (AvgIpc) is 3.28. The highest BCUT2D eigenvalue weighted by Crippen LogP contribution is 2.40. The van der Waals surface area contributed by atoms with Crippen molar-refractivity contribution >= 4 is 11.7 Å². The summed E-state index contributed by atoms with van der Waals surface area (Å²) in [5, 5.41) is 15.3. The van der Waals surface area contributed by atoms with E-state index in [2.05, 4.69) is 21.6 Å². The monoisotopic (exact) mass is 411 g/mol. The molecule has 2 heterocycles. The van der Waals surface area contributed by atoms with E-state index in [9.17, 15) is 9.90 Å². The summed E-state index contributed by atoms with van der Waals surface area (Å²) in [5.41, 5.74) is 2.89. The molecular formula is C23H29N3O4. The highest BCUT2D eigenvalue weighted by Gasteiger charge is 2.31. The van der Waals surface area contributed by atoms with Gasteiger partial charge < -0.3 is 25.2 Å². The Bertz CT molecular complexity index is 915. The molecule has 0 aromatic heterocycles. The number of amides is 2. The lowest BCUT2D eigenvalue weighted by molar-refractivity contribution is -0.0431. The number of urea groups is 1. The third-order valence-electron chi connectivity index (χ3n) is 5.55. The maximum atomic E-state index is 12.4. The second-order valence-electron chi connectivity index (χ2n) is 8.29. The van der Waals surface area contributed by atoms with Crippen molar-refractivity contribution in [2.45, 2.75) is 51.6 Å². The van der Waals surface area contributed by atoms with Gasteiger partial charge in [-0.15, -0.1) is 0 Å². The molecule has 2 aromatic rings. The maximum Gasteiger partial charge on any atom is 0.319 e. The Kier molecular flexibility index (Phi) is 5.83. The summed E-state index contributed by atoms with van der Waals surface area (Å²) in [6.45, 7) is 6.08. The summed E-state index contributed by atoms with van der Waals surface area (Å²) in [7, 11) is 0. The lowest BCUT2D eigenvalue weighted by Crippen LogP contribution is -2.32. The molecule has 1 unspecified atom stereocenters. The van der Waals surface area contributed by atoms with E-state index in [4.69, 9.17) is 9.47 Å². The van der Waals surface area contributed by atoms with Crippen molar-refractivity contribution < 1.29 is 19.4 Å². The van der Waals surface area contributed by atoms with Crippen LogP contribution in [-0.2, 0) is 13.1 Å². The number of likely N-dealkylation sites (tertiary alicyclic amines) is 1. The fourth-order valence-corrected chi connectivity index (χ4v) is 4.06. The van der Waals surface area contributed by atoms with Crippen LogP contribution in [0.5, 0.6) is 11.5 Å². The van der Waals surface area contributed by atoms with Crippen molar-refractivity contribution in [3.63, 3.8) is 0 Å².